The molecule has 18 heavy (non-hydrogen) atoms. The summed E-state index contributed by atoms with van der Waals surface area (Å²) in [6, 6.07) is 3.53. The number of hydrogen-bond acceptors (Lipinski definition) is 4. The molecule has 1 aliphatic heterocycles. The number of piperazine rings is 1. The molecule has 2 rings (SSSR count). The van der Waals surface area contributed by atoms with Crippen molar-refractivity contribution >= 4 is 5.91 Å². The second-order valence-corrected chi connectivity index (χ2v) is 4.71. The average molecular weight is 251 g/mol. The van der Waals surface area contributed by atoms with Crippen molar-refractivity contribution in [2.45, 2.75) is 25.9 Å². The first-order chi connectivity index (χ1) is 8.68. The van der Waals surface area contributed by atoms with Crippen molar-refractivity contribution < 1.29 is 9.21 Å². The van der Waals surface area contributed by atoms with Gasteiger partial charge in [0.25, 0.3) is 0 Å². The van der Waals surface area contributed by atoms with Gasteiger partial charge >= 0.3 is 0 Å². The van der Waals surface area contributed by atoms with Crippen LogP contribution in [-0.2, 0) is 4.79 Å². The Bertz CT molecular complexity index is 372. The molecule has 5 nitrogen and oxygen atoms in total. The molecule has 0 aliphatic carbocycles. The van der Waals surface area contributed by atoms with E-state index in [0.717, 1.165) is 31.9 Å². The fraction of sp³-hybridized carbons (Fsp3) is 0.615. The van der Waals surface area contributed by atoms with Crippen LogP contribution in [-0.4, -0.2) is 43.0 Å². The summed E-state index contributed by atoms with van der Waals surface area (Å²) in [5.74, 6) is 0.844. The fourth-order valence-corrected chi connectivity index (χ4v) is 2.18. The highest BCUT2D eigenvalue weighted by molar-refractivity contribution is 5.81. The second kappa shape index (κ2) is 6.02. The maximum absolute atomic E-state index is 12.1. The predicted molar refractivity (Wildman–Crippen MR) is 69.2 cm³/mol. The number of furan rings is 1. The van der Waals surface area contributed by atoms with E-state index in [1.54, 1.807) is 6.26 Å². The molecule has 100 valence electrons. The summed E-state index contributed by atoms with van der Waals surface area (Å²) in [5, 5.41) is 6.27. The zero-order valence-electron chi connectivity index (χ0n) is 11.0. The largest absolute Gasteiger partial charge is 0.467 e. The summed E-state index contributed by atoms with van der Waals surface area (Å²) < 4.78 is 5.28. The molecule has 1 fully saturated rings. The van der Waals surface area contributed by atoms with Gasteiger partial charge in [-0.25, -0.2) is 0 Å². The summed E-state index contributed by atoms with van der Waals surface area (Å²) in [6.07, 6.45) is 1.62. The second-order valence-electron chi connectivity index (χ2n) is 4.71. The van der Waals surface area contributed by atoms with Gasteiger partial charge in [-0.1, -0.05) is 0 Å². The van der Waals surface area contributed by atoms with Crippen LogP contribution >= 0.6 is 0 Å². The molecule has 0 radical (unpaired) electrons. The molecular weight excluding hydrogens is 230 g/mol. The lowest BCUT2D eigenvalue weighted by Crippen LogP contribution is -2.52. The van der Waals surface area contributed by atoms with Gasteiger partial charge in [-0.2, -0.15) is 0 Å². The van der Waals surface area contributed by atoms with E-state index in [0.29, 0.717) is 0 Å². The Morgan fingerprint density at radius 2 is 2.17 bits per heavy atom. The number of hydrogen-bond donors (Lipinski definition) is 2. The highest BCUT2D eigenvalue weighted by Gasteiger charge is 2.24. The summed E-state index contributed by atoms with van der Waals surface area (Å²) >= 11 is 0. The molecule has 2 atom stereocenters. The van der Waals surface area contributed by atoms with Crippen LogP contribution in [0.15, 0.2) is 22.8 Å². The molecule has 5 heteroatoms. The topological polar surface area (TPSA) is 57.5 Å². The van der Waals surface area contributed by atoms with Crippen molar-refractivity contribution in [3.05, 3.63) is 24.2 Å². The van der Waals surface area contributed by atoms with Crippen LogP contribution in [0.5, 0.6) is 0 Å². The van der Waals surface area contributed by atoms with E-state index in [4.69, 9.17) is 4.42 Å². The minimum absolute atomic E-state index is 0.0563. The van der Waals surface area contributed by atoms with Crippen LogP contribution < -0.4 is 10.6 Å². The predicted octanol–water partition coefficient (Wildman–Crippen LogP) is 0.750. The highest BCUT2D eigenvalue weighted by Crippen LogP contribution is 2.13. The van der Waals surface area contributed by atoms with Crippen molar-refractivity contribution in [3.63, 3.8) is 0 Å². The van der Waals surface area contributed by atoms with Crippen molar-refractivity contribution in [2.75, 3.05) is 26.2 Å². The Kier molecular flexibility index (Phi) is 4.38. The van der Waals surface area contributed by atoms with Gasteiger partial charge in [0, 0.05) is 26.2 Å². The van der Waals surface area contributed by atoms with Gasteiger partial charge in [0.1, 0.15) is 5.76 Å². The van der Waals surface area contributed by atoms with E-state index in [-0.39, 0.29) is 18.0 Å². The van der Waals surface area contributed by atoms with Gasteiger partial charge in [-0.15, -0.1) is 0 Å². The summed E-state index contributed by atoms with van der Waals surface area (Å²) in [4.78, 5) is 14.3. The molecule has 1 saturated heterocycles. The van der Waals surface area contributed by atoms with Crippen molar-refractivity contribution in [2.24, 2.45) is 0 Å². The van der Waals surface area contributed by atoms with Gasteiger partial charge in [-0.05, 0) is 26.0 Å². The minimum Gasteiger partial charge on any atom is -0.467 e. The first-order valence-electron chi connectivity index (χ1n) is 6.47. The minimum atomic E-state index is -0.0930. The first-order valence-corrected chi connectivity index (χ1v) is 6.47. The molecule has 1 aromatic rings. The number of carbonyl (C=O) groups is 1. The van der Waals surface area contributed by atoms with E-state index in [1.165, 1.54) is 0 Å². The van der Waals surface area contributed by atoms with Crippen molar-refractivity contribution in [3.8, 4) is 0 Å². The molecule has 1 aromatic heterocycles. The maximum Gasteiger partial charge on any atom is 0.237 e. The molecule has 1 amide bonds. The third-order valence-electron chi connectivity index (χ3n) is 3.41. The molecule has 1 aliphatic rings. The molecule has 2 unspecified atom stereocenters. The van der Waals surface area contributed by atoms with E-state index in [2.05, 4.69) is 15.5 Å². The van der Waals surface area contributed by atoms with Crippen LogP contribution in [0.1, 0.15) is 25.6 Å². The molecule has 0 bridgehead atoms. The Hall–Kier alpha value is -1.33. The summed E-state index contributed by atoms with van der Waals surface area (Å²) in [5.41, 5.74) is 0. The monoisotopic (exact) mass is 251 g/mol. The zero-order chi connectivity index (χ0) is 13.0. The summed E-state index contributed by atoms with van der Waals surface area (Å²) in [7, 11) is 0. The lowest BCUT2D eigenvalue weighted by atomic mass is 10.2. The molecular formula is C13H21N3O2. The number of carbonyl (C=O) groups excluding carboxylic acids is 1. The van der Waals surface area contributed by atoms with Gasteiger partial charge in [0.2, 0.25) is 5.91 Å². The van der Waals surface area contributed by atoms with Gasteiger partial charge in [0.15, 0.2) is 0 Å². The first kappa shape index (κ1) is 13.1. The highest BCUT2D eigenvalue weighted by atomic mass is 16.3. The normalized spacial score (nSPS) is 20.3. The van der Waals surface area contributed by atoms with E-state index in [9.17, 15) is 4.79 Å². The summed E-state index contributed by atoms with van der Waals surface area (Å²) in [6.45, 7) is 7.63. The van der Waals surface area contributed by atoms with Crippen LogP contribution in [0.3, 0.4) is 0 Å². The lowest BCUT2D eigenvalue weighted by Gasteiger charge is -2.32. The van der Waals surface area contributed by atoms with Crippen LogP contribution in [0, 0.1) is 0 Å². The number of rotatable bonds is 4. The van der Waals surface area contributed by atoms with E-state index in [1.807, 2.05) is 26.0 Å². The third-order valence-corrected chi connectivity index (χ3v) is 3.41. The standard InChI is InChI=1S/C13H21N3O2/c1-10(12-4-3-9-18-12)15-13(17)11(2)16-7-5-14-6-8-16/h3-4,9-11,14H,5-8H2,1-2H3,(H,15,17). The Morgan fingerprint density at radius 1 is 1.44 bits per heavy atom. The molecule has 0 aromatic carbocycles. The fourth-order valence-electron chi connectivity index (χ4n) is 2.18. The molecule has 0 spiro atoms. The van der Waals surface area contributed by atoms with Gasteiger partial charge in [0.05, 0.1) is 18.3 Å². The average Bonchev–Trinajstić information content (AvgIpc) is 2.92. The lowest BCUT2D eigenvalue weighted by molar-refractivity contribution is -0.126. The Labute approximate surface area is 108 Å². The maximum atomic E-state index is 12.1. The number of amides is 1. The third kappa shape index (κ3) is 3.11. The van der Waals surface area contributed by atoms with Crippen LogP contribution in [0.25, 0.3) is 0 Å². The zero-order valence-corrected chi connectivity index (χ0v) is 11.0. The molecule has 2 N–H and O–H groups in total. The SMILES string of the molecule is CC(NC(=O)C(C)N1CCNCC1)c1ccco1. The van der Waals surface area contributed by atoms with Crippen molar-refractivity contribution in [1.29, 1.82) is 0 Å². The van der Waals surface area contributed by atoms with Gasteiger partial charge in [-0.3, -0.25) is 9.69 Å². The number of nitrogens with one attached hydrogen (secondary N) is 2. The molecule has 2 heterocycles. The Balaban J connectivity index is 1.86. The van der Waals surface area contributed by atoms with E-state index < -0.39 is 0 Å². The smallest absolute Gasteiger partial charge is 0.237 e. The van der Waals surface area contributed by atoms with Crippen molar-refractivity contribution in [1.82, 2.24) is 15.5 Å². The van der Waals surface area contributed by atoms with E-state index >= 15 is 0 Å². The van der Waals surface area contributed by atoms with Gasteiger partial charge < -0.3 is 15.1 Å². The Morgan fingerprint density at radius 3 is 2.78 bits per heavy atom. The quantitative estimate of drug-likeness (QED) is 0.829. The van der Waals surface area contributed by atoms with Crippen LogP contribution in [0.2, 0.25) is 0 Å². The van der Waals surface area contributed by atoms with Crippen LogP contribution in [0.4, 0.5) is 0 Å². The molecule has 0 saturated carbocycles. The number of nitrogens with zero attached hydrogens (tertiary/aromatic N) is 1.